The molecule has 5 rings (SSSR count). The molecule has 0 aromatic heterocycles. The highest BCUT2D eigenvalue weighted by Gasteiger charge is 2.39. The lowest BCUT2D eigenvalue weighted by Gasteiger charge is -2.33. The highest BCUT2D eigenvalue weighted by atomic mass is 32.2. The van der Waals surface area contributed by atoms with Crippen molar-refractivity contribution in [3.8, 4) is 0 Å². The quantitative estimate of drug-likeness (QED) is 0.134. The average molecular weight is 743 g/mol. The number of nitrogens with one attached hydrogen (secondary N) is 2. The Morgan fingerprint density at radius 3 is 2.17 bits per heavy atom. The summed E-state index contributed by atoms with van der Waals surface area (Å²) in [5.74, 6) is -6.68. The summed E-state index contributed by atoms with van der Waals surface area (Å²) in [6, 6.07) is 29.5. The maximum Gasteiger partial charge on any atom is 0.376 e. The van der Waals surface area contributed by atoms with Crippen molar-refractivity contribution in [2.45, 2.75) is 57.4 Å². The first-order chi connectivity index (χ1) is 25.1. The number of carbonyl (C=O) groups is 3. The number of urea groups is 1. The van der Waals surface area contributed by atoms with Gasteiger partial charge in [0.25, 0.3) is 5.91 Å². The topological polar surface area (TPSA) is 119 Å². The van der Waals surface area contributed by atoms with Crippen molar-refractivity contribution in [3.63, 3.8) is 0 Å². The van der Waals surface area contributed by atoms with Crippen LogP contribution < -0.4 is 19.8 Å². The van der Waals surface area contributed by atoms with Gasteiger partial charge in [0.2, 0.25) is 0 Å². The van der Waals surface area contributed by atoms with Crippen LogP contribution in [0.5, 0.6) is 0 Å². The van der Waals surface area contributed by atoms with Gasteiger partial charge in [0.05, 0.1) is 18.0 Å². The maximum atomic E-state index is 14.0. The number of hydrogen-bond donors (Lipinski definition) is 3. The van der Waals surface area contributed by atoms with E-state index in [0.29, 0.717) is 27.8 Å². The summed E-state index contributed by atoms with van der Waals surface area (Å²) in [5.41, 5.74) is 5.11. The number of anilines is 3. The lowest BCUT2D eigenvalue weighted by Crippen LogP contribution is -2.42. The van der Waals surface area contributed by atoms with Gasteiger partial charge in [-0.2, -0.15) is 8.78 Å². The van der Waals surface area contributed by atoms with E-state index < -0.39 is 41.4 Å². The van der Waals surface area contributed by atoms with E-state index in [2.05, 4.69) is 32.2 Å². The van der Waals surface area contributed by atoms with Gasteiger partial charge in [-0.3, -0.25) is 14.0 Å². The van der Waals surface area contributed by atoms with Crippen LogP contribution in [0.1, 0.15) is 61.5 Å². The van der Waals surface area contributed by atoms with E-state index in [9.17, 15) is 27.4 Å². The predicted octanol–water partition coefficient (Wildman–Crippen LogP) is 8.76. The molecule has 0 fully saturated rings. The van der Waals surface area contributed by atoms with Crippen LogP contribution in [0.15, 0.2) is 114 Å². The molecule has 0 bridgehead atoms. The minimum absolute atomic E-state index is 0.0510. The van der Waals surface area contributed by atoms with Crippen LogP contribution >= 0.6 is 0 Å². The number of hydrogen-bond acceptors (Lipinski definition) is 4. The first kappa shape index (κ1) is 38.9. The Balaban J connectivity index is 1.36. The van der Waals surface area contributed by atoms with Gasteiger partial charge in [-0.1, -0.05) is 75.4 Å². The van der Waals surface area contributed by atoms with E-state index in [1.54, 1.807) is 47.8 Å². The molecule has 3 amide bonds. The van der Waals surface area contributed by atoms with Gasteiger partial charge in [-0.25, -0.2) is 13.8 Å². The van der Waals surface area contributed by atoms with Gasteiger partial charge in [0.1, 0.15) is 0 Å². The molecule has 12 heteroatoms. The molecule has 9 nitrogen and oxygen atoms in total. The van der Waals surface area contributed by atoms with E-state index in [-0.39, 0.29) is 17.5 Å². The molecule has 0 radical (unpaired) electrons. The number of nitrogens with zero attached hydrogens (tertiary/aromatic N) is 2. The number of amides is 3. The van der Waals surface area contributed by atoms with Gasteiger partial charge in [-0.05, 0) is 102 Å². The normalized spacial score (nSPS) is 15.1. The SMILES string of the molecule is CN(c1ccccc1)S(=O)c1cccc(NC(=O)N(Cc2ccc(C(=O)NCC(F)(F)C(=O)O)cc2)c2ccc(C3=CCC(C(C)(C)C)CC3)cc2)c1. The monoisotopic (exact) mass is 742 g/mol. The largest absolute Gasteiger partial charge is 0.477 e. The van der Waals surface area contributed by atoms with Crippen molar-refractivity contribution in [2.75, 3.05) is 28.1 Å². The van der Waals surface area contributed by atoms with Gasteiger partial charge in [0.15, 0.2) is 11.0 Å². The lowest BCUT2D eigenvalue weighted by molar-refractivity contribution is -0.163. The summed E-state index contributed by atoms with van der Waals surface area (Å²) < 4.78 is 42.1. The standard InChI is InChI=1S/C41H44F2N4O5S/c1-40(2,3)32-21-17-29(18-22-32)30-19-23-35(24-20-30)47(26-28-13-15-31(16-14-28)37(48)44-27-41(42,43)38(49)50)39(51)45-33-9-8-12-36(25-33)53(52)46(4)34-10-6-5-7-11-34/h5-17,19-20,23-25,32H,18,21-22,26-27H2,1-4H3,(H,44,48)(H,45,51)(H,49,50). The summed E-state index contributed by atoms with van der Waals surface area (Å²) in [4.78, 5) is 39.2. The van der Waals surface area contributed by atoms with Gasteiger partial charge in [0, 0.05) is 29.7 Å². The molecule has 0 heterocycles. The molecule has 2 unspecified atom stereocenters. The molecule has 1 aliphatic rings. The molecule has 53 heavy (non-hydrogen) atoms. The third-order valence-electron chi connectivity index (χ3n) is 9.43. The zero-order chi connectivity index (χ0) is 38.3. The van der Waals surface area contributed by atoms with Crippen molar-refractivity contribution >= 4 is 51.5 Å². The number of halogens is 2. The number of carboxylic acid groups (broad SMARTS) is 1. The fourth-order valence-corrected chi connectivity index (χ4v) is 7.15. The second-order valence-electron chi connectivity index (χ2n) is 14.1. The minimum atomic E-state index is -4.10. The molecule has 0 aliphatic heterocycles. The zero-order valence-electron chi connectivity index (χ0n) is 30.1. The van der Waals surface area contributed by atoms with Crippen LogP contribution in [-0.2, 0) is 22.3 Å². The molecule has 278 valence electrons. The first-order valence-electron chi connectivity index (χ1n) is 17.3. The summed E-state index contributed by atoms with van der Waals surface area (Å²) in [7, 11) is 0.180. The number of aliphatic carboxylic acids is 1. The number of benzene rings is 4. The summed E-state index contributed by atoms with van der Waals surface area (Å²) >= 11 is 0. The Morgan fingerprint density at radius 1 is 0.887 bits per heavy atom. The molecular formula is C41H44F2N4O5S. The number of carboxylic acids is 1. The van der Waals surface area contributed by atoms with E-state index >= 15 is 0 Å². The van der Waals surface area contributed by atoms with Crippen molar-refractivity contribution < 1.29 is 32.5 Å². The van der Waals surface area contributed by atoms with E-state index in [4.69, 9.17) is 5.11 Å². The number of carbonyl (C=O) groups excluding carboxylic acids is 2. The second kappa shape index (κ2) is 16.5. The van der Waals surface area contributed by atoms with Gasteiger partial charge < -0.3 is 15.7 Å². The molecule has 3 N–H and O–H groups in total. The van der Waals surface area contributed by atoms with Crippen molar-refractivity contribution in [3.05, 3.63) is 126 Å². The van der Waals surface area contributed by atoms with Crippen LogP contribution in [-0.4, -0.2) is 46.7 Å². The first-order valence-corrected chi connectivity index (χ1v) is 18.4. The van der Waals surface area contributed by atoms with Crippen LogP contribution in [0.4, 0.5) is 30.6 Å². The third-order valence-corrected chi connectivity index (χ3v) is 10.8. The van der Waals surface area contributed by atoms with Crippen LogP contribution in [0.25, 0.3) is 5.57 Å². The third kappa shape index (κ3) is 9.95. The van der Waals surface area contributed by atoms with Crippen molar-refractivity contribution in [2.24, 2.45) is 11.3 Å². The van der Waals surface area contributed by atoms with Gasteiger partial charge in [-0.15, -0.1) is 0 Å². The maximum absolute atomic E-state index is 14.0. The summed E-state index contributed by atoms with van der Waals surface area (Å²) in [6.45, 7) is 5.56. The van der Waals surface area contributed by atoms with Crippen LogP contribution in [0, 0.1) is 11.3 Å². The van der Waals surface area contributed by atoms with Crippen molar-refractivity contribution in [1.82, 2.24) is 5.32 Å². The van der Waals surface area contributed by atoms with E-state index in [0.717, 1.165) is 30.5 Å². The molecule has 0 spiro atoms. The molecule has 0 saturated heterocycles. The van der Waals surface area contributed by atoms with E-state index in [1.165, 1.54) is 22.6 Å². The highest BCUT2D eigenvalue weighted by Crippen LogP contribution is 2.40. The Morgan fingerprint density at radius 2 is 1.57 bits per heavy atom. The molecular weight excluding hydrogens is 699 g/mol. The van der Waals surface area contributed by atoms with Gasteiger partial charge >= 0.3 is 17.9 Å². The Hall–Kier alpha value is -5.36. The average Bonchev–Trinajstić information content (AvgIpc) is 3.16. The van der Waals surface area contributed by atoms with Crippen LogP contribution in [0.2, 0.25) is 0 Å². The summed E-state index contributed by atoms with van der Waals surface area (Å²) in [6.07, 6.45) is 5.39. The fraction of sp³-hybridized carbons (Fsp3) is 0.293. The Kier molecular flexibility index (Phi) is 12.1. The Bertz CT molecular complexity index is 1980. The number of allylic oxidation sites excluding steroid dienone is 2. The number of alkyl halides is 2. The molecule has 1 aliphatic carbocycles. The number of para-hydroxylation sites is 1. The second-order valence-corrected chi connectivity index (χ2v) is 15.6. The molecule has 0 saturated carbocycles. The Labute approximate surface area is 311 Å². The predicted molar refractivity (Wildman–Crippen MR) is 205 cm³/mol. The summed E-state index contributed by atoms with van der Waals surface area (Å²) in [5, 5.41) is 13.5. The number of rotatable bonds is 12. The molecule has 2 atom stereocenters. The molecule has 4 aromatic rings. The minimum Gasteiger partial charge on any atom is -0.477 e. The van der Waals surface area contributed by atoms with Crippen LogP contribution in [0.3, 0.4) is 0 Å². The highest BCUT2D eigenvalue weighted by molar-refractivity contribution is 7.86. The fourth-order valence-electron chi connectivity index (χ4n) is 6.10. The smallest absolute Gasteiger partial charge is 0.376 e. The lowest BCUT2D eigenvalue weighted by atomic mass is 9.72. The van der Waals surface area contributed by atoms with Crippen molar-refractivity contribution in [1.29, 1.82) is 0 Å². The van der Waals surface area contributed by atoms with E-state index in [1.807, 2.05) is 59.9 Å². The zero-order valence-corrected chi connectivity index (χ0v) is 31.0. The molecule has 4 aromatic carbocycles.